The second-order valence-corrected chi connectivity index (χ2v) is 7.29. The molecule has 7 nitrogen and oxygen atoms in total. The molecule has 0 bridgehead atoms. The summed E-state index contributed by atoms with van der Waals surface area (Å²) in [5, 5.41) is 10.0. The third-order valence-electron chi connectivity index (χ3n) is 3.52. The minimum absolute atomic E-state index is 0.0413. The summed E-state index contributed by atoms with van der Waals surface area (Å²) in [7, 11) is -2.45. The summed E-state index contributed by atoms with van der Waals surface area (Å²) in [4.78, 5) is 24.3. The van der Waals surface area contributed by atoms with Crippen molar-refractivity contribution in [3.63, 3.8) is 0 Å². The maximum Gasteiger partial charge on any atom is 0.306 e. The minimum atomic E-state index is -4.09. The van der Waals surface area contributed by atoms with Crippen LogP contribution in [-0.4, -0.2) is 42.3 Å². The molecule has 0 spiro atoms. The van der Waals surface area contributed by atoms with Crippen LogP contribution >= 0.6 is 0 Å². The summed E-state index contributed by atoms with van der Waals surface area (Å²) in [6, 6.07) is 7.41. The van der Waals surface area contributed by atoms with Crippen molar-refractivity contribution in [1.82, 2.24) is 8.87 Å². The van der Waals surface area contributed by atoms with E-state index in [0.29, 0.717) is 10.3 Å². The Morgan fingerprint density at radius 2 is 1.83 bits per heavy atom. The van der Waals surface area contributed by atoms with Gasteiger partial charge in [-0.05, 0) is 32.2 Å². The van der Waals surface area contributed by atoms with Gasteiger partial charge in [0.05, 0.1) is 11.4 Å². The van der Waals surface area contributed by atoms with Gasteiger partial charge in [0.2, 0.25) is 0 Å². The first kappa shape index (κ1) is 17.9. The van der Waals surface area contributed by atoms with Crippen molar-refractivity contribution in [2.24, 2.45) is 0 Å². The lowest BCUT2D eigenvalue weighted by Crippen LogP contribution is -2.28. The van der Waals surface area contributed by atoms with E-state index in [2.05, 4.69) is 0 Å². The molecular weight excluding hydrogens is 332 g/mol. The highest BCUT2D eigenvalue weighted by Crippen LogP contribution is 2.17. The van der Waals surface area contributed by atoms with Crippen molar-refractivity contribution in [2.45, 2.75) is 18.4 Å². The van der Waals surface area contributed by atoms with Gasteiger partial charge < -0.3 is 9.90 Å². The lowest BCUT2D eigenvalue weighted by Gasteiger charge is -2.15. The van der Waals surface area contributed by atoms with Crippen LogP contribution < -0.4 is 5.56 Å². The molecule has 2 rings (SSSR count). The number of aryl methyl sites for hydroxylation is 1. The van der Waals surface area contributed by atoms with E-state index >= 15 is 0 Å². The first-order valence-corrected chi connectivity index (χ1v) is 8.59. The van der Waals surface area contributed by atoms with Crippen molar-refractivity contribution in [3.05, 3.63) is 58.0 Å². The van der Waals surface area contributed by atoms with Crippen LogP contribution in [0.4, 0.5) is 0 Å². The van der Waals surface area contributed by atoms with Crippen LogP contribution in [0.15, 0.2) is 46.2 Å². The number of hydrogen-bond donors (Lipinski definition) is 1. The molecule has 24 heavy (non-hydrogen) atoms. The van der Waals surface area contributed by atoms with Gasteiger partial charge in [0, 0.05) is 18.3 Å². The Kier molecular flexibility index (Phi) is 5.20. The van der Waals surface area contributed by atoms with Crippen molar-refractivity contribution < 1.29 is 18.3 Å². The number of hydrogen-bond acceptors (Lipinski definition) is 6. The van der Waals surface area contributed by atoms with Crippen LogP contribution in [0, 0.1) is 6.92 Å². The third kappa shape index (κ3) is 3.55. The molecule has 1 N–H and O–H groups in total. The van der Waals surface area contributed by atoms with Crippen LogP contribution in [0.25, 0.3) is 0 Å². The molecule has 128 valence electrons. The molecule has 0 atom stereocenters. The molecular formula is C16H18N2O5S. The van der Waals surface area contributed by atoms with Gasteiger partial charge in [-0.2, -0.15) is 0 Å². The molecule has 1 heterocycles. The second kappa shape index (κ2) is 6.98. The summed E-state index contributed by atoms with van der Waals surface area (Å²) < 4.78 is 25.6. The molecule has 1 aromatic heterocycles. The molecule has 0 saturated heterocycles. The Hall–Kier alpha value is -2.45. The number of carbonyl (C=O) groups excluding carboxylic acids is 1. The average molecular weight is 350 g/mol. The molecule has 8 heteroatoms. The number of pyridine rings is 1. The van der Waals surface area contributed by atoms with E-state index in [1.807, 2.05) is 6.92 Å². The maximum absolute atomic E-state index is 12.5. The number of carbonyl (C=O) groups is 1. The predicted molar refractivity (Wildman–Crippen MR) is 88.5 cm³/mol. The third-order valence-corrected chi connectivity index (χ3v) is 5.20. The van der Waals surface area contributed by atoms with E-state index in [1.54, 1.807) is 24.1 Å². The van der Waals surface area contributed by atoms with Crippen molar-refractivity contribution in [1.29, 1.82) is 0 Å². The molecule has 0 saturated carbocycles. The summed E-state index contributed by atoms with van der Waals surface area (Å²) >= 11 is 0. The zero-order valence-corrected chi connectivity index (χ0v) is 14.2. The molecule has 0 amide bonds. The topological polar surface area (TPSA) is 96.7 Å². The van der Waals surface area contributed by atoms with Crippen LogP contribution in [-0.2, 0) is 21.4 Å². The fourth-order valence-corrected chi connectivity index (χ4v) is 3.40. The highest BCUT2D eigenvalue weighted by atomic mass is 32.2. The number of nitrogens with zero attached hydrogens (tertiary/aromatic N) is 2. The van der Waals surface area contributed by atoms with Gasteiger partial charge in [-0.1, -0.05) is 17.7 Å². The van der Waals surface area contributed by atoms with E-state index < -0.39 is 21.3 Å². The van der Waals surface area contributed by atoms with Crippen LogP contribution in [0.3, 0.4) is 0 Å². The Bertz CT molecular complexity index is 901. The Morgan fingerprint density at radius 1 is 1.21 bits per heavy atom. The van der Waals surface area contributed by atoms with E-state index in [4.69, 9.17) is 0 Å². The van der Waals surface area contributed by atoms with Crippen LogP contribution in [0.1, 0.15) is 11.1 Å². The first-order valence-electron chi connectivity index (χ1n) is 7.15. The monoisotopic (exact) mass is 350 g/mol. The molecule has 0 unspecified atom stereocenters. The number of aromatic hydroxyl groups is 1. The van der Waals surface area contributed by atoms with Crippen molar-refractivity contribution >= 4 is 16.3 Å². The fourth-order valence-electron chi connectivity index (χ4n) is 2.17. The maximum atomic E-state index is 12.5. The lowest BCUT2D eigenvalue weighted by atomic mass is 10.2. The molecule has 2 aromatic rings. The first-order chi connectivity index (χ1) is 11.3. The quantitative estimate of drug-likeness (QED) is 0.772. The van der Waals surface area contributed by atoms with E-state index in [-0.39, 0.29) is 23.5 Å². The SMILES string of the molecule is Cc1ccc(S(=O)(=O)n2ccc(CN(C)CC=O)c(O)c2=O)cc1. The molecule has 0 aliphatic heterocycles. The molecule has 0 aliphatic carbocycles. The smallest absolute Gasteiger partial charge is 0.306 e. The van der Waals surface area contributed by atoms with Gasteiger partial charge >= 0.3 is 5.56 Å². The number of likely N-dealkylation sites (N-methyl/N-ethyl adjacent to an activating group) is 1. The van der Waals surface area contributed by atoms with Gasteiger partial charge in [-0.15, -0.1) is 0 Å². The standard InChI is InChI=1S/C16H18N2O5S/c1-12-3-5-14(6-4-12)24(22,23)18-8-7-13(15(20)16(18)21)11-17(2)9-10-19/h3-8,10,20H,9,11H2,1-2H3. The number of aromatic nitrogens is 1. The highest BCUT2D eigenvalue weighted by molar-refractivity contribution is 7.90. The Labute approximate surface area is 139 Å². The highest BCUT2D eigenvalue weighted by Gasteiger charge is 2.21. The minimum Gasteiger partial charge on any atom is -0.503 e. The van der Waals surface area contributed by atoms with Gasteiger partial charge in [0.1, 0.15) is 6.29 Å². The van der Waals surface area contributed by atoms with Crippen LogP contribution in [0.5, 0.6) is 5.75 Å². The van der Waals surface area contributed by atoms with Crippen molar-refractivity contribution in [3.8, 4) is 5.75 Å². The Morgan fingerprint density at radius 3 is 2.42 bits per heavy atom. The van der Waals surface area contributed by atoms with E-state index in [1.165, 1.54) is 18.2 Å². The number of rotatable bonds is 6. The van der Waals surface area contributed by atoms with Gasteiger partial charge in [0.15, 0.2) is 5.75 Å². The van der Waals surface area contributed by atoms with Crippen LogP contribution in [0.2, 0.25) is 0 Å². The molecule has 1 aromatic carbocycles. The molecule has 0 fully saturated rings. The number of benzene rings is 1. The largest absolute Gasteiger partial charge is 0.503 e. The zero-order valence-electron chi connectivity index (χ0n) is 13.3. The predicted octanol–water partition coefficient (Wildman–Crippen LogP) is 0.730. The second-order valence-electron chi connectivity index (χ2n) is 5.47. The molecule has 0 radical (unpaired) electrons. The van der Waals surface area contributed by atoms with E-state index in [9.17, 15) is 23.1 Å². The zero-order chi connectivity index (χ0) is 17.9. The van der Waals surface area contributed by atoms with Gasteiger partial charge in [-0.3, -0.25) is 9.69 Å². The summed E-state index contributed by atoms with van der Waals surface area (Å²) in [5.74, 6) is -0.647. The normalized spacial score (nSPS) is 11.6. The summed E-state index contributed by atoms with van der Waals surface area (Å²) in [6.45, 7) is 2.09. The van der Waals surface area contributed by atoms with Gasteiger partial charge in [-0.25, -0.2) is 12.4 Å². The van der Waals surface area contributed by atoms with Gasteiger partial charge in [0.25, 0.3) is 10.0 Å². The lowest BCUT2D eigenvalue weighted by molar-refractivity contribution is -0.108. The fraction of sp³-hybridized carbons (Fsp3) is 0.250. The van der Waals surface area contributed by atoms with E-state index in [0.717, 1.165) is 11.8 Å². The van der Waals surface area contributed by atoms with Crippen molar-refractivity contribution in [2.75, 3.05) is 13.6 Å². The summed E-state index contributed by atoms with van der Waals surface area (Å²) in [6.07, 6.45) is 1.81. The Balaban J connectivity index is 2.45. The number of aldehydes is 1. The average Bonchev–Trinajstić information content (AvgIpc) is 2.52. The molecule has 0 aliphatic rings. The summed E-state index contributed by atoms with van der Waals surface area (Å²) in [5.41, 5.74) is 0.116.